The summed E-state index contributed by atoms with van der Waals surface area (Å²) >= 11 is 5.64. The summed E-state index contributed by atoms with van der Waals surface area (Å²) in [4.78, 5) is 27.1. The molecule has 1 rings (SSSR count). The Labute approximate surface area is 114 Å². The fourth-order valence-corrected chi connectivity index (χ4v) is 2.68. The number of hydrogen-bond acceptors (Lipinski definition) is 2. The Bertz CT molecular complexity index is 307. The third kappa shape index (κ3) is 3.87. The van der Waals surface area contributed by atoms with Gasteiger partial charge in [-0.3, -0.25) is 9.59 Å². The SMILES string of the molecule is CC(=O)N(C[C@@H]1CCCCN1C(=O)CCl)C(C)C. The first kappa shape index (κ1) is 15.3. The Morgan fingerprint density at radius 3 is 2.56 bits per heavy atom. The van der Waals surface area contributed by atoms with Crippen LogP contribution in [-0.2, 0) is 9.59 Å². The van der Waals surface area contributed by atoms with Crippen molar-refractivity contribution in [2.24, 2.45) is 0 Å². The molecule has 0 radical (unpaired) electrons. The fraction of sp³-hybridized carbons (Fsp3) is 0.846. The van der Waals surface area contributed by atoms with E-state index in [0.717, 1.165) is 25.8 Å². The van der Waals surface area contributed by atoms with Crippen LogP contribution in [-0.4, -0.2) is 52.7 Å². The molecule has 0 N–H and O–H groups in total. The van der Waals surface area contributed by atoms with Gasteiger partial charge in [0, 0.05) is 32.1 Å². The number of piperidine rings is 1. The van der Waals surface area contributed by atoms with Crippen LogP contribution in [0.3, 0.4) is 0 Å². The maximum absolute atomic E-state index is 11.8. The van der Waals surface area contributed by atoms with Crippen LogP contribution in [0.4, 0.5) is 0 Å². The second-order valence-electron chi connectivity index (χ2n) is 5.14. The first-order valence-corrected chi connectivity index (χ1v) is 7.13. The molecular formula is C13H23ClN2O2. The Morgan fingerprint density at radius 2 is 2.06 bits per heavy atom. The molecule has 4 nitrogen and oxygen atoms in total. The summed E-state index contributed by atoms with van der Waals surface area (Å²) in [7, 11) is 0. The maximum atomic E-state index is 11.8. The Morgan fingerprint density at radius 1 is 1.39 bits per heavy atom. The number of amides is 2. The first-order valence-electron chi connectivity index (χ1n) is 6.60. The minimum atomic E-state index is -0.0198. The zero-order chi connectivity index (χ0) is 13.7. The number of alkyl halides is 1. The van der Waals surface area contributed by atoms with E-state index in [9.17, 15) is 9.59 Å². The zero-order valence-electron chi connectivity index (χ0n) is 11.5. The molecule has 1 fully saturated rings. The zero-order valence-corrected chi connectivity index (χ0v) is 12.2. The number of halogens is 1. The lowest BCUT2D eigenvalue weighted by Gasteiger charge is -2.39. The van der Waals surface area contributed by atoms with Crippen LogP contribution in [0.15, 0.2) is 0 Å². The van der Waals surface area contributed by atoms with Gasteiger partial charge in [0.15, 0.2) is 0 Å². The van der Waals surface area contributed by atoms with E-state index < -0.39 is 0 Å². The van der Waals surface area contributed by atoms with Crippen LogP contribution in [0.1, 0.15) is 40.0 Å². The summed E-state index contributed by atoms with van der Waals surface area (Å²) in [6.07, 6.45) is 3.10. The van der Waals surface area contributed by atoms with Crippen molar-refractivity contribution in [3.63, 3.8) is 0 Å². The van der Waals surface area contributed by atoms with Crippen LogP contribution in [0, 0.1) is 0 Å². The van der Waals surface area contributed by atoms with E-state index in [2.05, 4.69) is 0 Å². The molecule has 0 aromatic heterocycles. The molecule has 1 atom stereocenters. The van der Waals surface area contributed by atoms with Gasteiger partial charge in [0.25, 0.3) is 0 Å². The number of hydrogen-bond donors (Lipinski definition) is 0. The molecule has 1 saturated heterocycles. The van der Waals surface area contributed by atoms with Crippen molar-refractivity contribution < 1.29 is 9.59 Å². The van der Waals surface area contributed by atoms with E-state index in [4.69, 9.17) is 11.6 Å². The minimum absolute atomic E-state index is 0.0198. The van der Waals surface area contributed by atoms with Crippen molar-refractivity contribution in [2.45, 2.75) is 52.1 Å². The van der Waals surface area contributed by atoms with E-state index in [1.165, 1.54) is 0 Å². The van der Waals surface area contributed by atoms with Crippen molar-refractivity contribution >= 4 is 23.4 Å². The van der Waals surface area contributed by atoms with Crippen molar-refractivity contribution in [3.05, 3.63) is 0 Å². The molecule has 0 aromatic carbocycles. The second kappa shape index (κ2) is 6.98. The van der Waals surface area contributed by atoms with E-state index >= 15 is 0 Å². The summed E-state index contributed by atoms with van der Waals surface area (Å²) < 4.78 is 0. The Balaban J connectivity index is 2.71. The highest BCUT2D eigenvalue weighted by Crippen LogP contribution is 2.19. The smallest absolute Gasteiger partial charge is 0.237 e. The molecule has 0 spiro atoms. The molecular weight excluding hydrogens is 252 g/mol. The van der Waals surface area contributed by atoms with E-state index in [1.807, 2.05) is 23.6 Å². The molecule has 5 heteroatoms. The van der Waals surface area contributed by atoms with Gasteiger partial charge in [-0.2, -0.15) is 0 Å². The van der Waals surface area contributed by atoms with Crippen LogP contribution < -0.4 is 0 Å². The molecule has 104 valence electrons. The molecule has 0 unspecified atom stereocenters. The summed E-state index contributed by atoms with van der Waals surface area (Å²) in [5.74, 6) is 0.0700. The van der Waals surface area contributed by atoms with Gasteiger partial charge in [0.05, 0.1) is 0 Å². The summed E-state index contributed by atoms with van der Waals surface area (Å²) in [5.41, 5.74) is 0. The predicted molar refractivity (Wildman–Crippen MR) is 72.6 cm³/mol. The average molecular weight is 275 g/mol. The molecule has 0 aromatic rings. The van der Waals surface area contributed by atoms with E-state index in [-0.39, 0.29) is 29.8 Å². The molecule has 1 heterocycles. The topological polar surface area (TPSA) is 40.6 Å². The molecule has 18 heavy (non-hydrogen) atoms. The lowest BCUT2D eigenvalue weighted by molar-refractivity contribution is -0.137. The third-order valence-electron chi connectivity index (χ3n) is 3.50. The highest BCUT2D eigenvalue weighted by atomic mass is 35.5. The largest absolute Gasteiger partial charge is 0.338 e. The third-order valence-corrected chi connectivity index (χ3v) is 3.73. The number of carbonyl (C=O) groups excluding carboxylic acids is 2. The highest BCUT2D eigenvalue weighted by Gasteiger charge is 2.29. The van der Waals surface area contributed by atoms with Gasteiger partial charge in [-0.1, -0.05) is 0 Å². The number of rotatable bonds is 4. The van der Waals surface area contributed by atoms with Gasteiger partial charge in [-0.15, -0.1) is 11.6 Å². The van der Waals surface area contributed by atoms with Gasteiger partial charge < -0.3 is 9.80 Å². The number of nitrogens with zero attached hydrogens (tertiary/aromatic N) is 2. The Hall–Kier alpha value is -0.770. The van der Waals surface area contributed by atoms with Crippen LogP contribution in [0.2, 0.25) is 0 Å². The second-order valence-corrected chi connectivity index (χ2v) is 5.40. The monoisotopic (exact) mass is 274 g/mol. The molecule has 2 amide bonds. The standard InChI is InChI=1S/C13H23ClN2O2/c1-10(2)16(11(3)17)9-12-6-4-5-7-15(12)13(18)8-14/h10,12H,4-9H2,1-3H3/t12-/m0/s1. The van der Waals surface area contributed by atoms with Crippen molar-refractivity contribution in [3.8, 4) is 0 Å². The normalized spacial score (nSPS) is 20.1. The van der Waals surface area contributed by atoms with Crippen LogP contribution in [0.5, 0.6) is 0 Å². The maximum Gasteiger partial charge on any atom is 0.237 e. The number of carbonyl (C=O) groups is 2. The lowest BCUT2D eigenvalue weighted by atomic mass is 10.0. The van der Waals surface area contributed by atoms with Crippen LogP contribution in [0.25, 0.3) is 0 Å². The number of likely N-dealkylation sites (tertiary alicyclic amines) is 1. The van der Waals surface area contributed by atoms with Gasteiger partial charge in [0.2, 0.25) is 11.8 Å². The van der Waals surface area contributed by atoms with Crippen molar-refractivity contribution in [1.82, 2.24) is 9.80 Å². The predicted octanol–water partition coefficient (Wildman–Crippen LogP) is 1.86. The van der Waals surface area contributed by atoms with Gasteiger partial charge in [-0.25, -0.2) is 0 Å². The molecule has 0 aliphatic carbocycles. The lowest BCUT2D eigenvalue weighted by Crippen LogP contribution is -2.52. The molecule has 1 aliphatic rings. The van der Waals surface area contributed by atoms with Gasteiger partial charge in [0.1, 0.15) is 5.88 Å². The molecule has 0 bridgehead atoms. The van der Waals surface area contributed by atoms with Gasteiger partial charge in [-0.05, 0) is 33.1 Å². The summed E-state index contributed by atoms with van der Waals surface area (Å²) in [6, 6.07) is 0.286. The average Bonchev–Trinajstić information content (AvgIpc) is 2.34. The van der Waals surface area contributed by atoms with E-state index in [1.54, 1.807) is 6.92 Å². The highest BCUT2D eigenvalue weighted by molar-refractivity contribution is 6.27. The molecule has 1 aliphatic heterocycles. The molecule has 0 saturated carbocycles. The summed E-state index contributed by atoms with van der Waals surface area (Å²) in [6.45, 7) is 6.96. The van der Waals surface area contributed by atoms with E-state index in [0.29, 0.717) is 6.54 Å². The van der Waals surface area contributed by atoms with Crippen molar-refractivity contribution in [1.29, 1.82) is 0 Å². The quantitative estimate of drug-likeness (QED) is 0.735. The Kier molecular flexibility index (Phi) is 5.93. The van der Waals surface area contributed by atoms with Crippen LogP contribution >= 0.6 is 11.6 Å². The van der Waals surface area contributed by atoms with Crippen molar-refractivity contribution in [2.75, 3.05) is 19.0 Å². The fourth-order valence-electron chi connectivity index (χ4n) is 2.53. The van der Waals surface area contributed by atoms with Gasteiger partial charge >= 0.3 is 0 Å². The minimum Gasteiger partial charge on any atom is -0.338 e. The summed E-state index contributed by atoms with van der Waals surface area (Å²) in [5, 5.41) is 0. The first-order chi connectivity index (χ1) is 8.47.